The van der Waals surface area contributed by atoms with Crippen LogP contribution in [-0.2, 0) is 9.53 Å². The normalized spacial score (nSPS) is 15.1. The Balaban J connectivity index is 1.55. The van der Waals surface area contributed by atoms with Crippen LogP contribution in [0, 0.1) is 5.82 Å². The highest BCUT2D eigenvalue weighted by Gasteiger charge is 2.26. The summed E-state index contributed by atoms with van der Waals surface area (Å²) >= 11 is 7.29. The van der Waals surface area contributed by atoms with E-state index in [1.165, 1.54) is 30.0 Å². The molecular weight excluding hydrogens is 389 g/mol. The number of furan rings is 1. The van der Waals surface area contributed by atoms with E-state index in [4.69, 9.17) is 20.8 Å². The number of ether oxygens (including phenoxy) is 1. The number of carbonyl (C=O) groups is 1. The van der Waals surface area contributed by atoms with Gasteiger partial charge >= 0.3 is 5.97 Å². The Morgan fingerprint density at radius 2 is 1.81 bits per heavy atom. The first-order chi connectivity index (χ1) is 13.1. The van der Waals surface area contributed by atoms with Crippen LogP contribution in [0.1, 0.15) is 11.3 Å². The maximum absolute atomic E-state index is 13.8. The van der Waals surface area contributed by atoms with Crippen molar-refractivity contribution in [3.05, 3.63) is 88.5 Å². The quantitative estimate of drug-likeness (QED) is 0.425. The summed E-state index contributed by atoms with van der Waals surface area (Å²) in [6, 6.07) is 16.8. The molecule has 0 atom stereocenters. The first-order valence-electron chi connectivity index (χ1n) is 7.89. The van der Waals surface area contributed by atoms with Crippen LogP contribution in [0.4, 0.5) is 4.39 Å². The molecule has 0 saturated carbocycles. The summed E-state index contributed by atoms with van der Waals surface area (Å²) in [5, 5.41) is 1.31. The third kappa shape index (κ3) is 3.97. The number of rotatable bonds is 4. The van der Waals surface area contributed by atoms with E-state index in [1.54, 1.807) is 36.4 Å². The van der Waals surface area contributed by atoms with Gasteiger partial charge in [0.05, 0.1) is 5.56 Å². The molecule has 0 amide bonds. The number of cyclic esters (lactones) is 1. The van der Waals surface area contributed by atoms with Crippen molar-refractivity contribution in [1.29, 1.82) is 0 Å². The Labute approximate surface area is 163 Å². The van der Waals surface area contributed by atoms with Crippen molar-refractivity contribution >= 4 is 41.3 Å². The molecule has 1 aliphatic rings. The molecule has 27 heavy (non-hydrogen) atoms. The van der Waals surface area contributed by atoms with Crippen LogP contribution in [0.15, 0.2) is 85.8 Å². The maximum Gasteiger partial charge on any atom is 0.363 e. The minimum absolute atomic E-state index is 0.0469. The number of aliphatic imine (C=N–C) groups is 1. The fourth-order valence-corrected chi connectivity index (χ4v) is 3.28. The molecule has 134 valence electrons. The number of esters is 1. The molecule has 4 nitrogen and oxygen atoms in total. The number of halogens is 2. The van der Waals surface area contributed by atoms with Crippen molar-refractivity contribution in [3.63, 3.8) is 0 Å². The van der Waals surface area contributed by atoms with Crippen LogP contribution in [0.3, 0.4) is 0 Å². The largest absolute Gasteiger partial charge is 0.450 e. The molecule has 0 fully saturated rings. The zero-order valence-corrected chi connectivity index (χ0v) is 15.3. The van der Waals surface area contributed by atoms with Crippen molar-refractivity contribution in [2.24, 2.45) is 4.99 Å². The summed E-state index contributed by atoms with van der Waals surface area (Å²) < 4.78 is 24.6. The van der Waals surface area contributed by atoms with Crippen LogP contribution in [0.2, 0.25) is 5.02 Å². The molecule has 7 heteroatoms. The van der Waals surface area contributed by atoms with Gasteiger partial charge in [0.1, 0.15) is 11.6 Å². The van der Waals surface area contributed by atoms with Gasteiger partial charge in [0.25, 0.3) is 0 Å². The van der Waals surface area contributed by atoms with Gasteiger partial charge in [-0.3, -0.25) is 0 Å². The predicted molar refractivity (Wildman–Crippen MR) is 101 cm³/mol. The van der Waals surface area contributed by atoms with Crippen LogP contribution in [0.25, 0.3) is 6.08 Å². The summed E-state index contributed by atoms with van der Waals surface area (Å²) in [5.74, 6) is -0.787. The van der Waals surface area contributed by atoms with E-state index in [9.17, 15) is 9.18 Å². The SMILES string of the molecule is O=C1OC(c2ccccc2F)=N/C1=C/c1ccc(Sc2ccc(Cl)cc2)o1. The lowest BCUT2D eigenvalue weighted by molar-refractivity contribution is -0.129. The summed E-state index contributed by atoms with van der Waals surface area (Å²) in [6.07, 6.45) is 1.46. The van der Waals surface area contributed by atoms with Gasteiger partial charge < -0.3 is 9.15 Å². The first kappa shape index (κ1) is 17.6. The molecule has 0 aliphatic carbocycles. The number of benzene rings is 2. The Morgan fingerprint density at radius 3 is 2.59 bits per heavy atom. The molecule has 1 aromatic heterocycles. The molecule has 0 N–H and O–H groups in total. The van der Waals surface area contributed by atoms with Gasteiger partial charge in [-0.1, -0.05) is 35.5 Å². The zero-order chi connectivity index (χ0) is 18.8. The number of carbonyl (C=O) groups excluding carboxylic acids is 1. The van der Waals surface area contributed by atoms with E-state index in [-0.39, 0.29) is 17.2 Å². The molecule has 0 radical (unpaired) electrons. The van der Waals surface area contributed by atoms with E-state index in [0.29, 0.717) is 15.9 Å². The third-order valence-corrected chi connectivity index (χ3v) is 4.82. The Morgan fingerprint density at radius 1 is 1.04 bits per heavy atom. The molecular formula is C20H11ClFNO3S. The molecule has 0 saturated heterocycles. The fourth-order valence-electron chi connectivity index (χ4n) is 2.38. The van der Waals surface area contributed by atoms with E-state index < -0.39 is 11.8 Å². The highest BCUT2D eigenvalue weighted by Crippen LogP contribution is 2.31. The Kier molecular flexibility index (Phi) is 4.83. The van der Waals surface area contributed by atoms with Gasteiger partial charge in [-0.25, -0.2) is 14.2 Å². The summed E-state index contributed by atoms with van der Waals surface area (Å²) in [6.45, 7) is 0. The predicted octanol–water partition coefficient (Wildman–Crippen LogP) is 5.57. The van der Waals surface area contributed by atoms with Crippen molar-refractivity contribution in [2.75, 3.05) is 0 Å². The van der Waals surface area contributed by atoms with E-state index in [2.05, 4.69) is 4.99 Å². The smallest absolute Gasteiger partial charge is 0.363 e. The molecule has 2 heterocycles. The van der Waals surface area contributed by atoms with Crippen molar-refractivity contribution < 1.29 is 18.3 Å². The number of hydrogen-bond acceptors (Lipinski definition) is 5. The fraction of sp³-hybridized carbons (Fsp3) is 0. The molecule has 4 rings (SSSR count). The van der Waals surface area contributed by atoms with Crippen molar-refractivity contribution in [3.8, 4) is 0 Å². The van der Waals surface area contributed by atoms with Gasteiger partial charge in [-0.15, -0.1) is 0 Å². The summed E-state index contributed by atoms with van der Waals surface area (Å²) in [5.41, 5.74) is 0.179. The van der Waals surface area contributed by atoms with Crippen molar-refractivity contribution in [2.45, 2.75) is 9.99 Å². The van der Waals surface area contributed by atoms with Gasteiger partial charge in [0, 0.05) is 16.0 Å². The Bertz CT molecular complexity index is 1070. The second-order valence-corrected chi connectivity index (χ2v) is 7.04. The third-order valence-electron chi connectivity index (χ3n) is 3.64. The standard InChI is InChI=1S/C20H11ClFNO3S/c21-12-5-8-14(9-6-12)27-18-10-7-13(25-18)11-17-20(24)26-19(23-17)15-3-1-2-4-16(15)22/h1-11H/b17-11+. The number of hydrogen-bond donors (Lipinski definition) is 0. The van der Waals surface area contributed by atoms with Crippen LogP contribution in [-0.4, -0.2) is 11.9 Å². The van der Waals surface area contributed by atoms with Gasteiger partial charge in [0.15, 0.2) is 10.8 Å². The molecule has 0 spiro atoms. The molecule has 0 unspecified atom stereocenters. The maximum atomic E-state index is 13.8. The van der Waals surface area contributed by atoms with E-state index in [0.717, 1.165) is 4.90 Å². The summed E-state index contributed by atoms with van der Waals surface area (Å²) in [7, 11) is 0. The van der Waals surface area contributed by atoms with E-state index in [1.807, 2.05) is 12.1 Å². The molecule has 1 aliphatic heterocycles. The summed E-state index contributed by atoms with van der Waals surface area (Å²) in [4.78, 5) is 17.1. The van der Waals surface area contributed by atoms with Gasteiger partial charge in [-0.2, -0.15) is 0 Å². The minimum atomic E-state index is -0.656. The average molecular weight is 400 g/mol. The zero-order valence-electron chi connectivity index (χ0n) is 13.7. The van der Waals surface area contributed by atoms with Crippen LogP contribution in [0.5, 0.6) is 0 Å². The highest BCUT2D eigenvalue weighted by atomic mass is 35.5. The topological polar surface area (TPSA) is 51.8 Å². The first-order valence-corrected chi connectivity index (χ1v) is 9.09. The lowest BCUT2D eigenvalue weighted by Gasteiger charge is -1.99. The highest BCUT2D eigenvalue weighted by molar-refractivity contribution is 7.99. The average Bonchev–Trinajstić information content (AvgIpc) is 3.24. The number of nitrogens with zero attached hydrogens (tertiary/aromatic N) is 1. The van der Waals surface area contributed by atoms with Gasteiger partial charge in [-0.05, 0) is 48.5 Å². The monoisotopic (exact) mass is 399 g/mol. The molecule has 2 aromatic carbocycles. The molecule has 0 bridgehead atoms. The Hall–Kier alpha value is -2.83. The second-order valence-electron chi connectivity index (χ2n) is 5.53. The molecule has 3 aromatic rings. The lowest BCUT2D eigenvalue weighted by atomic mass is 10.2. The second kappa shape index (κ2) is 7.42. The van der Waals surface area contributed by atoms with E-state index >= 15 is 0 Å². The lowest BCUT2D eigenvalue weighted by Crippen LogP contribution is -2.07. The van der Waals surface area contributed by atoms with Gasteiger partial charge in [0.2, 0.25) is 5.90 Å². The minimum Gasteiger partial charge on any atom is -0.450 e. The van der Waals surface area contributed by atoms with Crippen LogP contribution < -0.4 is 0 Å². The van der Waals surface area contributed by atoms with Crippen molar-refractivity contribution in [1.82, 2.24) is 0 Å². The van der Waals surface area contributed by atoms with Crippen LogP contribution >= 0.6 is 23.4 Å².